The maximum Gasteiger partial charge on any atom is 0.101 e. The molecule has 4 nitrogen and oxygen atoms in total. The third-order valence-electron chi connectivity index (χ3n) is 3.68. The summed E-state index contributed by atoms with van der Waals surface area (Å²) < 4.78 is 11.3. The van der Waals surface area contributed by atoms with Crippen molar-refractivity contribution in [1.29, 1.82) is 0 Å². The first-order chi connectivity index (χ1) is 9.75. The molecule has 2 N–H and O–H groups in total. The number of nitrogens with one attached hydrogen (secondary N) is 1. The smallest absolute Gasteiger partial charge is 0.101 e. The SMILES string of the molecule is CC1CCNCC1OCC(O)COCc1ccccc1. The van der Waals surface area contributed by atoms with Crippen LogP contribution in [0.1, 0.15) is 18.9 Å². The van der Waals surface area contributed by atoms with Gasteiger partial charge in [0.1, 0.15) is 6.10 Å². The molecule has 0 radical (unpaired) electrons. The topological polar surface area (TPSA) is 50.7 Å². The predicted molar refractivity (Wildman–Crippen MR) is 78.5 cm³/mol. The van der Waals surface area contributed by atoms with Crippen molar-refractivity contribution in [3.63, 3.8) is 0 Å². The van der Waals surface area contributed by atoms with Crippen molar-refractivity contribution in [1.82, 2.24) is 5.32 Å². The molecule has 3 unspecified atom stereocenters. The molecule has 1 saturated heterocycles. The number of ether oxygens (including phenoxy) is 2. The van der Waals surface area contributed by atoms with Crippen LogP contribution in [-0.4, -0.2) is 43.6 Å². The predicted octanol–water partition coefficient (Wildman–Crippen LogP) is 1.58. The van der Waals surface area contributed by atoms with Gasteiger partial charge >= 0.3 is 0 Å². The summed E-state index contributed by atoms with van der Waals surface area (Å²) in [4.78, 5) is 0. The maximum atomic E-state index is 9.87. The van der Waals surface area contributed by atoms with E-state index in [0.717, 1.165) is 25.1 Å². The molecule has 2 rings (SSSR count). The van der Waals surface area contributed by atoms with E-state index >= 15 is 0 Å². The standard InChI is InChI=1S/C16H25NO3/c1-13-7-8-17-9-16(13)20-12-15(18)11-19-10-14-5-3-2-4-6-14/h2-6,13,15-18H,7-12H2,1H3. The summed E-state index contributed by atoms with van der Waals surface area (Å²) in [5.74, 6) is 0.550. The van der Waals surface area contributed by atoms with Gasteiger partial charge in [0.2, 0.25) is 0 Å². The molecule has 1 aromatic carbocycles. The lowest BCUT2D eigenvalue weighted by Gasteiger charge is -2.30. The van der Waals surface area contributed by atoms with E-state index in [1.54, 1.807) is 0 Å². The van der Waals surface area contributed by atoms with Gasteiger partial charge in [-0.1, -0.05) is 37.3 Å². The van der Waals surface area contributed by atoms with E-state index in [1.807, 2.05) is 30.3 Å². The van der Waals surface area contributed by atoms with Crippen LogP contribution in [0, 0.1) is 5.92 Å². The first kappa shape index (κ1) is 15.4. The van der Waals surface area contributed by atoms with E-state index in [2.05, 4.69) is 12.2 Å². The van der Waals surface area contributed by atoms with Crippen LogP contribution in [0.2, 0.25) is 0 Å². The van der Waals surface area contributed by atoms with Crippen LogP contribution in [0.3, 0.4) is 0 Å². The van der Waals surface area contributed by atoms with Crippen molar-refractivity contribution >= 4 is 0 Å². The van der Waals surface area contributed by atoms with Gasteiger partial charge in [0.15, 0.2) is 0 Å². The summed E-state index contributed by atoms with van der Waals surface area (Å²) in [6, 6.07) is 9.97. The number of aliphatic hydroxyl groups is 1. The molecule has 0 aliphatic carbocycles. The molecule has 20 heavy (non-hydrogen) atoms. The molecule has 0 saturated carbocycles. The Morgan fingerprint density at radius 2 is 2.10 bits per heavy atom. The zero-order valence-electron chi connectivity index (χ0n) is 12.1. The zero-order valence-corrected chi connectivity index (χ0v) is 12.1. The fourth-order valence-corrected chi connectivity index (χ4v) is 2.35. The van der Waals surface area contributed by atoms with E-state index in [4.69, 9.17) is 9.47 Å². The fourth-order valence-electron chi connectivity index (χ4n) is 2.35. The van der Waals surface area contributed by atoms with Crippen molar-refractivity contribution in [2.45, 2.75) is 32.2 Å². The summed E-state index contributed by atoms with van der Waals surface area (Å²) in [6.07, 6.45) is 0.769. The monoisotopic (exact) mass is 279 g/mol. The molecule has 1 aromatic rings. The number of hydrogen-bond donors (Lipinski definition) is 2. The molecule has 112 valence electrons. The summed E-state index contributed by atoms with van der Waals surface area (Å²) in [5.41, 5.74) is 1.12. The fraction of sp³-hybridized carbons (Fsp3) is 0.625. The van der Waals surface area contributed by atoms with Gasteiger partial charge in [-0.05, 0) is 24.4 Å². The van der Waals surface area contributed by atoms with Crippen LogP contribution in [0.25, 0.3) is 0 Å². The molecular weight excluding hydrogens is 254 g/mol. The molecule has 1 heterocycles. The molecule has 1 aliphatic heterocycles. The molecule has 3 atom stereocenters. The Morgan fingerprint density at radius 1 is 1.30 bits per heavy atom. The second-order valence-corrected chi connectivity index (χ2v) is 5.50. The Morgan fingerprint density at radius 3 is 2.85 bits per heavy atom. The van der Waals surface area contributed by atoms with Crippen molar-refractivity contribution < 1.29 is 14.6 Å². The molecule has 0 bridgehead atoms. The van der Waals surface area contributed by atoms with Crippen LogP contribution < -0.4 is 5.32 Å². The number of rotatable bonds is 7. The van der Waals surface area contributed by atoms with E-state index < -0.39 is 6.10 Å². The minimum atomic E-state index is -0.562. The lowest BCUT2D eigenvalue weighted by Crippen LogP contribution is -2.42. The minimum absolute atomic E-state index is 0.201. The van der Waals surface area contributed by atoms with Crippen molar-refractivity contribution in [3.8, 4) is 0 Å². The lowest BCUT2D eigenvalue weighted by molar-refractivity contribution is -0.0653. The average Bonchev–Trinajstić information content (AvgIpc) is 2.47. The Labute approximate surface area is 121 Å². The molecule has 0 spiro atoms. The van der Waals surface area contributed by atoms with Gasteiger partial charge in [-0.2, -0.15) is 0 Å². The van der Waals surface area contributed by atoms with Gasteiger partial charge in [-0.3, -0.25) is 0 Å². The van der Waals surface area contributed by atoms with Crippen LogP contribution in [-0.2, 0) is 16.1 Å². The number of aliphatic hydroxyl groups excluding tert-OH is 1. The first-order valence-corrected chi connectivity index (χ1v) is 7.37. The van der Waals surface area contributed by atoms with Crippen LogP contribution in [0.4, 0.5) is 0 Å². The van der Waals surface area contributed by atoms with Gasteiger partial charge < -0.3 is 19.9 Å². The minimum Gasteiger partial charge on any atom is -0.388 e. The van der Waals surface area contributed by atoms with E-state index in [1.165, 1.54) is 0 Å². The average molecular weight is 279 g/mol. The largest absolute Gasteiger partial charge is 0.388 e. The van der Waals surface area contributed by atoms with Gasteiger partial charge in [0, 0.05) is 6.54 Å². The molecule has 4 heteroatoms. The number of benzene rings is 1. The number of piperidine rings is 1. The van der Waals surface area contributed by atoms with Gasteiger partial charge in [0.25, 0.3) is 0 Å². The van der Waals surface area contributed by atoms with Crippen LogP contribution >= 0.6 is 0 Å². The molecule has 0 aromatic heterocycles. The highest BCUT2D eigenvalue weighted by atomic mass is 16.5. The number of hydrogen-bond acceptors (Lipinski definition) is 4. The highest BCUT2D eigenvalue weighted by molar-refractivity contribution is 5.13. The van der Waals surface area contributed by atoms with Crippen molar-refractivity contribution in [2.24, 2.45) is 5.92 Å². The van der Waals surface area contributed by atoms with Gasteiger partial charge in [0.05, 0.1) is 25.9 Å². The highest BCUT2D eigenvalue weighted by Crippen LogP contribution is 2.14. The maximum absolute atomic E-state index is 9.87. The summed E-state index contributed by atoms with van der Waals surface area (Å²) in [5, 5.41) is 13.2. The third-order valence-corrected chi connectivity index (χ3v) is 3.68. The van der Waals surface area contributed by atoms with Crippen LogP contribution in [0.15, 0.2) is 30.3 Å². The molecule has 1 aliphatic rings. The van der Waals surface area contributed by atoms with Crippen LogP contribution in [0.5, 0.6) is 0 Å². The molecular formula is C16H25NO3. The first-order valence-electron chi connectivity index (χ1n) is 7.37. The summed E-state index contributed by atoms with van der Waals surface area (Å²) >= 11 is 0. The van der Waals surface area contributed by atoms with Gasteiger partial charge in [-0.25, -0.2) is 0 Å². The van der Waals surface area contributed by atoms with E-state index in [9.17, 15) is 5.11 Å². The summed E-state index contributed by atoms with van der Waals surface area (Å²) in [6.45, 7) is 5.31. The second kappa shape index (κ2) is 8.37. The summed E-state index contributed by atoms with van der Waals surface area (Å²) in [7, 11) is 0. The van der Waals surface area contributed by atoms with E-state index in [0.29, 0.717) is 25.7 Å². The third kappa shape index (κ3) is 5.21. The van der Waals surface area contributed by atoms with Crippen molar-refractivity contribution in [2.75, 3.05) is 26.3 Å². The second-order valence-electron chi connectivity index (χ2n) is 5.50. The highest BCUT2D eigenvalue weighted by Gasteiger charge is 2.22. The quantitative estimate of drug-likeness (QED) is 0.795. The molecule has 0 amide bonds. The molecule has 1 fully saturated rings. The lowest BCUT2D eigenvalue weighted by atomic mass is 9.97. The Kier molecular flexibility index (Phi) is 6.47. The zero-order chi connectivity index (χ0) is 14.2. The Hall–Kier alpha value is -0.940. The Balaban J connectivity index is 1.59. The normalized spacial score (nSPS) is 24.5. The van der Waals surface area contributed by atoms with Crippen molar-refractivity contribution in [3.05, 3.63) is 35.9 Å². The van der Waals surface area contributed by atoms with Gasteiger partial charge in [-0.15, -0.1) is 0 Å². The Bertz CT molecular complexity index is 371. The van der Waals surface area contributed by atoms with E-state index in [-0.39, 0.29) is 6.10 Å².